The third-order valence-electron chi connectivity index (χ3n) is 7.07. The zero-order chi connectivity index (χ0) is 33.3. The van der Waals surface area contributed by atoms with Crippen molar-refractivity contribution in [2.45, 2.75) is 58.5 Å². The van der Waals surface area contributed by atoms with Crippen molar-refractivity contribution in [2.75, 3.05) is 25.6 Å². The molecule has 2 heterocycles. The number of halogens is 3. The highest BCUT2D eigenvalue weighted by Gasteiger charge is 2.41. The molecule has 3 aromatic rings. The molecule has 1 unspecified atom stereocenters. The van der Waals surface area contributed by atoms with Crippen molar-refractivity contribution in [1.29, 1.82) is 5.26 Å². The van der Waals surface area contributed by atoms with Crippen LogP contribution in [-0.2, 0) is 27.0 Å². The summed E-state index contributed by atoms with van der Waals surface area (Å²) in [5.41, 5.74) is -1.26. The van der Waals surface area contributed by atoms with Crippen molar-refractivity contribution in [3.05, 3.63) is 87.0 Å². The zero-order valence-corrected chi connectivity index (χ0v) is 25.7. The molecule has 1 atom stereocenters. The molecule has 0 saturated heterocycles. The van der Waals surface area contributed by atoms with E-state index >= 15 is 0 Å². The second-order valence-corrected chi connectivity index (χ2v) is 11.4. The average Bonchev–Trinajstić information content (AvgIpc) is 3.29. The maximum Gasteiger partial charge on any atom is 0.416 e. The van der Waals surface area contributed by atoms with Crippen LogP contribution >= 0.6 is 0 Å². The summed E-state index contributed by atoms with van der Waals surface area (Å²) < 4.78 is 54.0. The largest absolute Gasteiger partial charge is 0.466 e. The van der Waals surface area contributed by atoms with Gasteiger partial charge in [-0.15, -0.1) is 5.10 Å². The molecular formula is C31H33F3N6O5. The molecule has 0 spiro atoms. The van der Waals surface area contributed by atoms with Crippen LogP contribution in [-0.4, -0.2) is 57.6 Å². The van der Waals surface area contributed by atoms with E-state index in [2.05, 4.69) is 5.10 Å². The molecule has 1 amide bonds. The number of hydrogen-bond donors (Lipinski definition) is 0. The molecule has 1 aliphatic rings. The fraction of sp³-hybridized carbons (Fsp3) is 0.387. The van der Waals surface area contributed by atoms with Crippen molar-refractivity contribution in [3.8, 4) is 6.07 Å². The van der Waals surface area contributed by atoms with Gasteiger partial charge in [0.15, 0.2) is 0 Å². The number of nitriles is 1. The summed E-state index contributed by atoms with van der Waals surface area (Å²) in [6.07, 6.45) is -4.91. The molecule has 0 N–H and O–H groups in total. The van der Waals surface area contributed by atoms with E-state index in [1.807, 2.05) is 6.07 Å². The first kappa shape index (κ1) is 32.8. The SMILES string of the molecule is COC(=O)C1=C(C)N(c2cccc(C(F)(F)F)c2)c2nn(CCCN(C)C(=O)OC(C)(C)C)c(=O)n2C1c1ccc(C#N)cc1. The first-order valence-corrected chi connectivity index (χ1v) is 14.0. The van der Waals surface area contributed by atoms with Crippen LogP contribution in [0, 0.1) is 11.3 Å². The molecule has 0 fully saturated rings. The number of amides is 1. The number of carbonyl (C=O) groups is 2. The van der Waals surface area contributed by atoms with Crippen molar-refractivity contribution in [2.24, 2.45) is 0 Å². The Labute approximate surface area is 257 Å². The van der Waals surface area contributed by atoms with Gasteiger partial charge < -0.3 is 14.4 Å². The van der Waals surface area contributed by atoms with Crippen LogP contribution in [0.4, 0.5) is 29.6 Å². The lowest BCUT2D eigenvalue weighted by molar-refractivity contribution is -0.138. The topological polar surface area (TPSA) is 123 Å². The molecule has 14 heteroatoms. The molecule has 2 aromatic carbocycles. The number of allylic oxidation sites excluding steroid dienone is 1. The standard InChI is InChI=1S/C31H33F3N6O5/c1-19-24(26(41)44-6)25(21-13-11-20(18-35)12-14-21)40-27(39(19)23-10-7-9-22(17-23)31(32,33)34)36-38(28(40)42)16-8-15-37(5)29(43)45-30(2,3)4/h7,9-14,17,25H,8,15-16H2,1-6H3. The molecule has 1 aromatic heterocycles. The van der Waals surface area contributed by atoms with E-state index < -0.39 is 41.1 Å². The number of carbonyl (C=O) groups excluding carboxylic acids is 2. The van der Waals surface area contributed by atoms with Gasteiger partial charge in [0, 0.05) is 31.5 Å². The fourth-order valence-corrected chi connectivity index (χ4v) is 4.97. The van der Waals surface area contributed by atoms with Crippen LogP contribution in [0.3, 0.4) is 0 Å². The summed E-state index contributed by atoms with van der Waals surface area (Å²) >= 11 is 0. The summed E-state index contributed by atoms with van der Waals surface area (Å²) in [4.78, 5) is 42.4. The zero-order valence-electron chi connectivity index (χ0n) is 25.7. The van der Waals surface area contributed by atoms with E-state index in [0.29, 0.717) is 11.1 Å². The van der Waals surface area contributed by atoms with Gasteiger partial charge in [-0.2, -0.15) is 18.4 Å². The highest BCUT2D eigenvalue weighted by atomic mass is 19.4. The molecule has 4 rings (SSSR count). The molecule has 45 heavy (non-hydrogen) atoms. The van der Waals surface area contributed by atoms with E-state index in [1.54, 1.807) is 40.0 Å². The Morgan fingerprint density at radius 2 is 1.78 bits per heavy atom. The van der Waals surface area contributed by atoms with Crippen LogP contribution in [0.1, 0.15) is 56.8 Å². The summed E-state index contributed by atoms with van der Waals surface area (Å²) in [6, 6.07) is 11.6. The van der Waals surface area contributed by atoms with Crippen molar-refractivity contribution < 1.29 is 32.2 Å². The van der Waals surface area contributed by atoms with E-state index in [0.717, 1.165) is 23.9 Å². The highest BCUT2D eigenvalue weighted by molar-refractivity contribution is 5.93. The smallest absolute Gasteiger partial charge is 0.416 e. The lowest BCUT2D eigenvalue weighted by Gasteiger charge is -2.35. The summed E-state index contributed by atoms with van der Waals surface area (Å²) in [5.74, 6) is -0.831. The van der Waals surface area contributed by atoms with Crippen molar-refractivity contribution in [3.63, 3.8) is 0 Å². The number of anilines is 2. The third kappa shape index (κ3) is 6.87. The monoisotopic (exact) mass is 626 g/mol. The van der Waals surface area contributed by atoms with Crippen LogP contribution < -0.4 is 10.6 Å². The Hall–Kier alpha value is -5.06. The number of fused-ring (bicyclic) bond motifs is 1. The number of methoxy groups -OCH3 is 1. The van der Waals surface area contributed by atoms with Crippen molar-refractivity contribution in [1.82, 2.24) is 19.2 Å². The quantitative estimate of drug-likeness (QED) is 0.321. The van der Waals surface area contributed by atoms with Gasteiger partial charge in [0.25, 0.3) is 0 Å². The van der Waals surface area contributed by atoms with Gasteiger partial charge in [-0.05, 0) is 70.0 Å². The van der Waals surface area contributed by atoms with Crippen LogP contribution in [0.2, 0.25) is 0 Å². The maximum absolute atomic E-state index is 14.0. The van der Waals surface area contributed by atoms with Gasteiger partial charge in [0.2, 0.25) is 5.95 Å². The summed E-state index contributed by atoms with van der Waals surface area (Å²) in [5, 5.41) is 13.8. The molecule has 0 radical (unpaired) electrons. The molecule has 1 aliphatic heterocycles. The fourth-order valence-electron chi connectivity index (χ4n) is 4.97. The van der Waals surface area contributed by atoms with Gasteiger partial charge in [-0.3, -0.25) is 4.90 Å². The summed E-state index contributed by atoms with van der Waals surface area (Å²) in [6.45, 7) is 7.01. The van der Waals surface area contributed by atoms with E-state index in [-0.39, 0.29) is 42.4 Å². The lowest BCUT2D eigenvalue weighted by atomic mass is 9.93. The van der Waals surface area contributed by atoms with Gasteiger partial charge in [-0.1, -0.05) is 18.2 Å². The van der Waals surface area contributed by atoms with Crippen LogP contribution in [0.15, 0.2) is 64.6 Å². The van der Waals surface area contributed by atoms with Gasteiger partial charge >= 0.3 is 23.9 Å². The molecule has 0 aliphatic carbocycles. The molecule has 238 valence electrons. The van der Waals surface area contributed by atoms with Gasteiger partial charge in [0.1, 0.15) is 11.6 Å². The number of alkyl halides is 3. The minimum absolute atomic E-state index is 0.00146. The second kappa shape index (κ2) is 12.5. The predicted molar refractivity (Wildman–Crippen MR) is 158 cm³/mol. The first-order valence-electron chi connectivity index (χ1n) is 14.0. The number of nitrogens with zero attached hydrogens (tertiary/aromatic N) is 6. The lowest BCUT2D eigenvalue weighted by Crippen LogP contribution is -2.38. The molecular weight excluding hydrogens is 593 g/mol. The van der Waals surface area contributed by atoms with Gasteiger partial charge in [0.05, 0.1) is 29.9 Å². The Morgan fingerprint density at radius 3 is 2.36 bits per heavy atom. The average molecular weight is 627 g/mol. The molecule has 0 saturated carbocycles. The van der Waals surface area contributed by atoms with E-state index in [4.69, 9.17) is 9.47 Å². The number of benzene rings is 2. The molecule has 0 bridgehead atoms. The van der Waals surface area contributed by atoms with Gasteiger partial charge in [-0.25, -0.2) is 23.6 Å². The van der Waals surface area contributed by atoms with E-state index in [9.17, 15) is 32.8 Å². The summed E-state index contributed by atoms with van der Waals surface area (Å²) in [7, 11) is 2.72. The van der Waals surface area contributed by atoms with E-state index in [1.165, 1.54) is 45.6 Å². The normalized spacial score (nSPS) is 14.9. The van der Waals surface area contributed by atoms with Crippen LogP contribution in [0.25, 0.3) is 0 Å². The number of aryl methyl sites for hydroxylation is 1. The number of rotatable bonds is 7. The second-order valence-electron chi connectivity index (χ2n) is 11.4. The Morgan fingerprint density at radius 1 is 1.11 bits per heavy atom. The minimum atomic E-state index is -4.65. The van der Waals surface area contributed by atoms with Crippen molar-refractivity contribution >= 4 is 23.7 Å². The number of aromatic nitrogens is 3. The Balaban J connectivity index is 1.85. The highest BCUT2D eigenvalue weighted by Crippen LogP contribution is 2.43. The third-order valence-corrected chi connectivity index (χ3v) is 7.07. The first-order chi connectivity index (χ1) is 21.1. The number of hydrogen-bond acceptors (Lipinski definition) is 8. The van der Waals surface area contributed by atoms with Crippen LogP contribution in [0.5, 0.6) is 0 Å². The number of esters is 1. The minimum Gasteiger partial charge on any atom is -0.466 e. The Bertz CT molecular complexity index is 1730. The number of ether oxygens (including phenoxy) is 2. The molecule has 11 nitrogen and oxygen atoms in total. The maximum atomic E-state index is 14.0. The predicted octanol–water partition coefficient (Wildman–Crippen LogP) is 5.38. The Kier molecular flexibility index (Phi) is 9.13.